The molecule has 0 aliphatic carbocycles. The van der Waals surface area contributed by atoms with E-state index in [-0.39, 0.29) is 18.2 Å². The highest BCUT2D eigenvalue weighted by atomic mass is 16.5. The van der Waals surface area contributed by atoms with E-state index in [0.29, 0.717) is 17.9 Å². The molecule has 0 aromatic carbocycles. The molecular weight excluding hydrogens is 270 g/mol. The van der Waals surface area contributed by atoms with Gasteiger partial charge in [-0.05, 0) is 33.0 Å². The second-order valence-corrected chi connectivity index (χ2v) is 5.49. The highest BCUT2D eigenvalue weighted by Crippen LogP contribution is 2.14. The van der Waals surface area contributed by atoms with Gasteiger partial charge in [0, 0.05) is 25.8 Å². The lowest BCUT2D eigenvalue weighted by Gasteiger charge is -2.30. The van der Waals surface area contributed by atoms with Gasteiger partial charge in [-0.1, -0.05) is 0 Å². The lowest BCUT2D eigenvalue weighted by Crippen LogP contribution is -2.43. The van der Waals surface area contributed by atoms with Crippen LogP contribution in [0.2, 0.25) is 0 Å². The number of esters is 1. The Hall–Kier alpha value is -1.66. The number of nitrogens with one attached hydrogen (secondary N) is 1. The summed E-state index contributed by atoms with van der Waals surface area (Å²) in [6.45, 7) is 6.81. The number of carbonyl (C=O) groups excluding carboxylic acids is 1. The largest absolute Gasteiger partial charge is 0.459 e. The number of likely N-dealkylation sites (N-methyl/N-ethyl adjacent to an activating group) is 1. The van der Waals surface area contributed by atoms with Crippen molar-refractivity contribution in [2.45, 2.75) is 26.1 Å². The summed E-state index contributed by atoms with van der Waals surface area (Å²) in [5.74, 6) is 0.183. The van der Waals surface area contributed by atoms with Crippen molar-refractivity contribution in [2.24, 2.45) is 0 Å². The zero-order valence-electron chi connectivity index (χ0n) is 12.8. The third-order valence-corrected chi connectivity index (χ3v) is 3.21. The fraction of sp³-hybridized carbons (Fsp3) is 0.600. The molecule has 1 aromatic heterocycles. The first-order valence-corrected chi connectivity index (χ1v) is 7.26. The van der Waals surface area contributed by atoms with Gasteiger partial charge in [-0.3, -0.25) is 0 Å². The molecule has 0 amide bonds. The Labute approximate surface area is 125 Å². The predicted molar refractivity (Wildman–Crippen MR) is 80.5 cm³/mol. The lowest BCUT2D eigenvalue weighted by atomic mass is 10.2. The summed E-state index contributed by atoms with van der Waals surface area (Å²) in [5.41, 5.74) is 0.454. The van der Waals surface area contributed by atoms with Crippen molar-refractivity contribution >= 4 is 11.8 Å². The van der Waals surface area contributed by atoms with Crippen LogP contribution in [0.1, 0.15) is 24.2 Å². The smallest absolute Gasteiger partial charge is 0.342 e. The van der Waals surface area contributed by atoms with Crippen LogP contribution in [-0.2, 0) is 9.47 Å². The van der Waals surface area contributed by atoms with Crippen molar-refractivity contribution in [1.29, 1.82) is 0 Å². The number of ether oxygens (including phenoxy) is 2. The molecule has 2 rings (SSSR count). The molecule has 6 nitrogen and oxygen atoms in total. The van der Waals surface area contributed by atoms with Gasteiger partial charge in [-0.2, -0.15) is 0 Å². The maximum atomic E-state index is 12.0. The molecule has 0 saturated carbocycles. The molecule has 6 heteroatoms. The van der Waals surface area contributed by atoms with Crippen LogP contribution in [0.25, 0.3) is 0 Å². The van der Waals surface area contributed by atoms with E-state index >= 15 is 0 Å². The molecule has 116 valence electrons. The summed E-state index contributed by atoms with van der Waals surface area (Å²) in [4.78, 5) is 18.5. The number of pyridine rings is 1. The second kappa shape index (κ2) is 7.38. The van der Waals surface area contributed by atoms with Gasteiger partial charge < -0.3 is 19.7 Å². The molecule has 1 atom stereocenters. The fourth-order valence-electron chi connectivity index (χ4n) is 2.19. The summed E-state index contributed by atoms with van der Waals surface area (Å²) < 4.78 is 10.9. The Balaban J connectivity index is 1.98. The first-order chi connectivity index (χ1) is 10.1. The maximum Gasteiger partial charge on any atom is 0.342 e. The molecule has 0 bridgehead atoms. The van der Waals surface area contributed by atoms with E-state index < -0.39 is 0 Å². The van der Waals surface area contributed by atoms with E-state index in [1.807, 2.05) is 13.8 Å². The topological polar surface area (TPSA) is 63.7 Å². The molecule has 1 aliphatic heterocycles. The minimum Gasteiger partial charge on any atom is -0.459 e. The fourth-order valence-corrected chi connectivity index (χ4v) is 2.19. The van der Waals surface area contributed by atoms with Crippen molar-refractivity contribution in [1.82, 2.24) is 9.88 Å². The Morgan fingerprint density at radius 1 is 1.62 bits per heavy atom. The number of anilines is 1. The molecule has 1 aromatic rings. The van der Waals surface area contributed by atoms with Gasteiger partial charge in [0.25, 0.3) is 0 Å². The summed E-state index contributed by atoms with van der Waals surface area (Å²) in [6, 6.07) is 3.45. The first kappa shape index (κ1) is 15.7. The van der Waals surface area contributed by atoms with E-state index in [1.165, 1.54) is 0 Å². The lowest BCUT2D eigenvalue weighted by molar-refractivity contribution is -0.0117. The van der Waals surface area contributed by atoms with Crippen LogP contribution in [0.5, 0.6) is 0 Å². The van der Waals surface area contributed by atoms with Gasteiger partial charge in [0.1, 0.15) is 11.4 Å². The zero-order chi connectivity index (χ0) is 15.2. The third-order valence-electron chi connectivity index (χ3n) is 3.21. The van der Waals surface area contributed by atoms with Gasteiger partial charge in [0.2, 0.25) is 0 Å². The number of nitrogens with zero attached hydrogens (tertiary/aromatic N) is 2. The molecule has 1 saturated heterocycles. The zero-order valence-corrected chi connectivity index (χ0v) is 12.8. The molecule has 1 fully saturated rings. The summed E-state index contributed by atoms with van der Waals surface area (Å²) in [7, 11) is 2.07. The molecule has 21 heavy (non-hydrogen) atoms. The Bertz CT molecular complexity index is 479. The Morgan fingerprint density at radius 2 is 2.43 bits per heavy atom. The summed E-state index contributed by atoms with van der Waals surface area (Å²) in [5, 5.41) is 3.19. The van der Waals surface area contributed by atoms with Crippen LogP contribution < -0.4 is 5.32 Å². The quantitative estimate of drug-likeness (QED) is 0.828. The van der Waals surface area contributed by atoms with Crippen molar-refractivity contribution < 1.29 is 14.3 Å². The van der Waals surface area contributed by atoms with Crippen molar-refractivity contribution in [2.75, 3.05) is 38.6 Å². The van der Waals surface area contributed by atoms with Crippen LogP contribution in [0, 0.1) is 0 Å². The van der Waals surface area contributed by atoms with Gasteiger partial charge in [-0.25, -0.2) is 9.78 Å². The van der Waals surface area contributed by atoms with E-state index in [1.54, 1.807) is 18.3 Å². The number of morpholine rings is 1. The van der Waals surface area contributed by atoms with E-state index in [2.05, 4.69) is 22.2 Å². The monoisotopic (exact) mass is 293 g/mol. The number of hydrogen-bond acceptors (Lipinski definition) is 6. The molecule has 1 unspecified atom stereocenters. The van der Waals surface area contributed by atoms with E-state index in [0.717, 1.165) is 19.7 Å². The minimum atomic E-state index is -0.359. The summed E-state index contributed by atoms with van der Waals surface area (Å²) >= 11 is 0. The van der Waals surface area contributed by atoms with Crippen LogP contribution in [0.3, 0.4) is 0 Å². The molecule has 0 spiro atoms. The second-order valence-electron chi connectivity index (χ2n) is 5.49. The summed E-state index contributed by atoms with van der Waals surface area (Å²) in [6.07, 6.45) is 1.60. The standard InChI is InChI=1S/C15H23N3O3/c1-11(2)21-15(19)13-5-4-6-16-14(13)17-9-12-10-18(3)7-8-20-12/h4-6,11-12H,7-10H2,1-3H3,(H,16,17). The third kappa shape index (κ3) is 4.68. The molecule has 1 aliphatic rings. The van der Waals surface area contributed by atoms with E-state index in [9.17, 15) is 4.79 Å². The number of rotatable bonds is 5. The normalized spacial score (nSPS) is 19.5. The average Bonchev–Trinajstić information content (AvgIpc) is 2.45. The van der Waals surface area contributed by atoms with Crippen LogP contribution in [-0.4, -0.2) is 61.3 Å². The number of aromatic nitrogens is 1. The molecular formula is C15H23N3O3. The Kier molecular flexibility index (Phi) is 5.52. The SMILES string of the molecule is CC(C)OC(=O)c1cccnc1NCC1CN(C)CCO1. The number of hydrogen-bond donors (Lipinski definition) is 1. The van der Waals surface area contributed by atoms with Crippen LogP contribution in [0.15, 0.2) is 18.3 Å². The van der Waals surface area contributed by atoms with Gasteiger partial charge in [0.15, 0.2) is 0 Å². The molecule has 1 N–H and O–H groups in total. The first-order valence-electron chi connectivity index (χ1n) is 7.26. The highest BCUT2D eigenvalue weighted by molar-refractivity contribution is 5.94. The van der Waals surface area contributed by atoms with Gasteiger partial charge in [-0.15, -0.1) is 0 Å². The van der Waals surface area contributed by atoms with E-state index in [4.69, 9.17) is 9.47 Å². The molecule has 2 heterocycles. The van der Waals surface area contributed by atoms with Crippen LogP contribution >= 0.6 is 0 Å². The average molecular weight is 293 g/mol. The maximum absolute atomic E-state index is 12.0. The minimum absolute atomic E-state index is 0.0970. The van der Waals surface area contributed by atoms with Crippen molar-refractivity contribution in [3.05, 3.63) is 23.9 Å². The highest BCUT2D eigenvalue weighted by Gasteiger charge is 2.19. The van der Waals surface area contributed by atoms with Crippen LogP contribution in [0.4, 0.5) is 5.82 Å². The molecule has 0 radical (unpaired) electrons. The number of carbonyl (C=O) groups is 1. The Morgan fingerprint density at radius 3 is 3.14 bits per heavy atom. The van der Waals surface area contributed by atoms with Gasteiger partial charge >= 0.3 is 5.97 Å². The van der Waals surface area contributed by atoms with Crippen molar-refractivity contribution in [3.63, 3.8) is 0 Å². The predicted octanol–water partition coefficient (Wildman–Crippen LogP) is 1.39. The van der Waals surface area contributed by atoms with Gasteiger partial charge in [0.05, 0.1) is 18.8 Å². The van der Waals surface area contributed by atoms with Crippen molar-refractivity contribution in [3.8, 4) is 0 Å².